The van der Waals surface area contributed by atoms with E-state index in [2.05, 4.69) is 79.0 Å². The summed E-state index contributed by atoms with van der Waals surface area (Å²) in [5.74, 6) is 0.770. The molecule has 1 N–H and O–H groups in total. The zero-order valence-electron chi connectivity index (χ0n) is 14.2. The Morgan fingerprint density at radius 1 is 1.14 bits per heavy atom. The molecule has 0 aromatic heterocycles. The molecule has 0 radical (unpaired) electrons. The van der Waals surface area contributed by atoms with Gasteiger partial charge in [0.15, 0.2) is 0 Å². The maximum absolute atomic E-state index is 3.64. The van der Waals surface area contributed by atoms with Gasteiger partial charge in [0.05, 0.1) is 0 Å². The van der Waals surface area contributed by atoms with Gasteiger partial charge in [-0.2, -0.15) is 0 Å². The zero-order valence-corrected chi connectivity index (χ0v) is 15.8. The summed E-state index contributed by atoms with van der Waals surface area (Å²) in [6.45, 7) is 14.5. The second-order valence-corrected chi connectivity index (χ2v) is 6.62. The fourth-order valence-electron chi connectivity index (χ4n) is 2.83. The Bertz CT molecular complexity index is 416. The second-order valence-electron chi connectivity index (χ2n) is 5.70. The lowest BCUT2D eigenvalue weighted by Crippen LogP contribution is -2.31. The lowest BCUT2D eigenvalue weighted by atomic mass is 10.0. The molecule has 0 aliphatic rings. The number of halogens is 1. The van der Waals surface area contributed by atoms with Crippen molar-refractivity contribution in [1.82, 2.24) is 5.32 Å². The molecule has 0 saturated heterocycles. The van der Waals surface area contributed by atoms with E-state index in [4.69, 9.17) is 0 Å². The van der Waals surface area contributed by atoms with Gasteiger partial charge in [0, 0.05) is 29.3 Å². The summed E-state index contributed by atoms with van der Waals surface area (Å²) < 4.78 is 1.16. The first-order valence-corrected chi connectivity index (χ1v) is 9.14. The zero-order chi connectivity index (χ0) is 15.8. The number of anilines is 1. The summed E-state index contributed by atoms with van der Waals surface area (Å²) in [7, 11) is 0. The summed E-state index contributed by atoms with van der Waals surface area (Å²) in [4.78, 5) is 2.53. The van der Waals surface area contributed by atoms with Crippen molar-refractivity contribution in [2.75, 3.05) is 24.5 Å². The third kappa shape index (κ3) is 5.30. The van der Waals surface area contributed by atoms with Crippen molar-refractivity contribution in [2.45, 2.75) is 53.5 Å². The van der Waals surface area contributed by atoms with E-state index in [1.165, 1.54) is 24.1 Å². The molecule has 1 atom stereocenters. The van der Waals surface area contributed by atoms with Crippen LogP contribution in [-0.4, -0.2) is 19.6 Å². The van der Waals surface area contributed by atoms with E-state index in [1.54, 1.807) is 0 Å². The van der Waals surface area contributed by atoms with Gasteiger partial charge in [-0.15, -0.1) is 0 Å². The van der Waals surface area contributed by atoms with Gasteiger partial charge in [0.1, 0.15) is 0 Å². The van der Waals surface area contributed by atoms with Crippen LogP contribution in [0.25, 0.3) is 0 Å². The fourth-order valence-corrected chi connectivity index (χ4v) is 3.18. The molecule has 1 aromatic carbocycles. The van der Waals surface area contributed by atoms with E-state index >= 15 is 0 Å². The number of rotatable bonds is 9. The van der Waals surface area contributed by atoms with Crippen LogP contribution in [0.2, 0.25) is 0 Å². The van der Waals surface area contributed by atoms with E-state index in [1.807, 2.05) is 0 Å². The van der Waals surface area contributed by atoms with E-state index < -0.39 is 0 Å². The molecule has 1 rings (SSSR count). The molecule has 0 fully saturated rings. The van der Waals surface area contributed by atoms with Crippen molar-refractivity contribution in [3.8, 4) is 0 Å². The average Bonchev–Trinajstić information content (AvgIpc) is 2.48. The molecule has 3 heteroatoms. The lowest BCUT2D eigenvalue weighted by Gasteiger charge is -2.31. The number of nitrogens with zero attached hydrogens (tertiary/aromatic N) is 1. The minimum atomic E-state index is 0.383. The minimum absolute atomic E-state index is 0.383. The summed E-state index contributed by atoms with van der Waals surface area (Å²) in [6, 6.07) is 7.06. The Hall–Kier alpha value is -0.540. The van der Waals surface area contributed by atoms with Crippen LogP contribution >= 0.6 is 15.9 Å². The predicted molar refractivity (Wildman–Crippen MR) is 98.2 cm³/mol. The molecule has 120 valence electrons. The largest absolute Gasteiger partial charge is 0.371 e. The second kappa shape index (κ2) is 9.47. The SMILES string of the molecule is CCNC(C)c1ccc(Br)cc1N(CC)CC(CC)CC. The third-order valence-electron chi connectivity index (χ3n) is 4.32. The van der Waals surface area contributed by atoms with Gasteiger partial charge in [-0.3, -0.25) is 0 Å². The average molecular weight is 355 g/mol. The number of benzene rings is 1. The van der Waals surface area contributed by atoms with Crippen molar-refractivity contribution in [2.24, 2.45) is 5.92 Å². The van der Waals surface area contributed by atoms with Crippen LogP contribution in [0.15, 0.2) is 22.7 Å². The van der Waals surface area contributed by atoms with Crippen LogP contribution in [-0.2, 0) is 0 Å². The van der Waals surface area contributed by atoms with Crippen LogP contribution in [0, 0.1) is 5.92 Å². The van der Waals surface area contributed by atoms with E-state index in [9.17, 15) is 0 Å². The first-order valence-electron chi connectivity index (χ1n) is 8.34. The van der Waals surface area contributed by atoms with Crippen molar-refractivity contribution >= 4 is 21.6 Å². The normalized spacial score (nSPS) is 12.7. The Kier molecular flexibility index (Phi) is 8.35. The van der Waals surface area contributed by atoms with Gasteiger partial charge in [-0.1, -0.05) is 55.6 Å². The van der Waals surface area contributed by atoms with Crippen molar-refractivity contribution in [3.63, 3.8) is 0 Å². The van der Waals surface area contributed by atoms with E-state index in [0.29, 0.717) is 6.04 Å². The molecule has 0 aliphatic heterocycles. The van der Waals surface area contributed by atoms with Crippen LogP contribution in [0.3, 0.4) is 0 Å². The Labute approximate surface area is 139 Å². The van der Waals surface area contributed by atoms with E-state index in [0.717, 1.165) is 30.0 Å². The molecule has 2 nitrogen and oxygen atoms in total. The maximum Gasteiger partial charge on any atom is 0.0425 e. The lowest BCUT2D eigenvalue weighted by molar-refractivity contribution is 0.484. The third-order valence-corrected chi connectivity index (χ3v) is 4.82. The first kappa shape index (κ1) is 18.5. The van der Waals surface area contributed by atoms with Gasteiger partial charge >= 0.3 is 0 Å². The monoisotopic (exact) mass is 354 g/mol. The Morgan fingerprint density at radius 3 is 2.33 bits per heavy atom. The fraction of sp³-hybridized carbons (Fsp3) is 0.667. The van der Waals surface area contributed by atoms with Gasteiger partial charge in [0.25, 0.3) is 0 Å². The highest BCUT2D eigenvalue weighted by atomic mass is 79.9. The van der Waals surface area contributed by atoms with Gasteiger partial charge in [0.2, 0.25) is 0 Å². The summed E-state index contributed by atoms with van der Waals surface area (Å²) in [6.07, 6.45) is 2.50. The van der Waals surface area contributed by atoms with E-state index in [-0.39, 0.29) is 0 Å². The molecule has 0 aliphatic carbocycles. The number of hydrogen-bond acceptors (Lipinski definition) is 2. The number of hydrogen-bond donors (Lipinski definition) is 1. The number of nitrogens with one attached hydrogen (secondary N) is 1. The molecule has 1 aromatic rings. The molecule has 0 spiro atoms. The van der Waals surface area contributed by atoms with Crippen LogP contribution in [0.5, 0.6) is 0 Å². The molecule has 0 heterocycles. The van der Waals surface area contributed by atoms with Gasteiger partial charge in [-0.25, -0.2) is 0 Å². The van der Waals surface area contributed by atoms with Crippen LogP contribution in [0.1, 0.15) is 59.1 Å². The molecular weight excluding hydrogens is 324 g/mol. The summed E-state index contributed by atoms with van der Waals surface area (Å²) in [5, 5.41) is 3.54. The molecule has 0 saturated carbocycles. The highest BCUT2D eigenvalue weighted by Gasteiger charge is 2.17. The molecule has 21 heavy (non-hydrogen) atoms. The van der Waals surface area contributed by atoms with Gasteiger partial charge in [-0.05, 0) is 44.0 Å². The predicted octanol–water partition coefficient (Wildman–Crippen LogP) is 5.38. The molecular formula is C18H31BrN2. The van der Waals surface area contributed by atoms with Crippen molar-refractivity contribution in [3.05, 3.63) is 28.2 Å². The maximum atomic E-state index is 3.64. The van der Waals surface area contributed by atoms with Crippen molar-refractivity contribution < 1.29 is 0 Å². The molecule has 0 amide bonds. The van der Waals surface area contributed by atoms with Crippen LogP contribution < -0.4 is 10.2 Å². The summed E-state index contributed by atoms with van der Waals surface area (Å²) in [5.41, 5.74) is 2.76. The topological polar surface area (TPSA) is 15.3 Å². The smallest absolute Gasteiger partial charge is 0.0425 e. The standard InChI is InChI=1S/C18H31BrN2/c1-6-15(7-2)13-21(9-4)18-12-16(19)10-11-17(18)14(5)20-8-3/h10-12,14-15,20H,6-9,13H2,1-5H3. The highest BCUT2D eigenvalue weighted by molar-refractivity contribution is 9.10. The summed E-state index contributed by atoms with van der Waals surface area (Å²) >= 11 is 3.64. The quantitative estimate of drug-likeness (QED) is 0.640. The highest BCUT2D eigenvalue weighted by Crippen LogP contribution is 2.30. The molecule has 1 unspecified atom stereocenters. The Morgan fingerprint density at radius 2 is 1.81 bits per heavy atom. The van der Waals surface area contributed by atoms with Crippen LogP contribution in [0.4, 0.5) is 5.69 Å². The van der Waals surface area contributed by atoms with Crippen molar-refractivity contribution in [1.29, 1.82) is 0 Å². The van der Waals surface area contributed by atoms with Gasteiger partial charge < -0.3 is 10.2 Å². The molecule has 0 bridgehead atoms. The minimum Gasteiger partial charge on any atom is -0.371 e. The first-order chi connectivity index (χ1) is 10.1. The Balaban J connectivity index is 3.08.